The fourth-order valence-corrected chi connectivity index (χ4v) is 1.56. The van der Waals surface area contributed by atoms with Crippen molar-refractivity contribution in [1.82, 2.24) is 10.2 Å². The third kappa shape index (κ3) is 4.23. The molecule has 1 heterocycles. The van der Waals surface area contributed by atoms with Crippen molar-refractivity contribution in [3.63, 3.8) is 0 Å². The molecule has 0 saturated carbocycles. The molecule has 1 N–H and O–H groups in total. The van der Waals surface area contributed by atoms with Gasteiger partial charge in [-0.05, 0) is 20.8 Å². The normalized spacial score (nSPS) is 16.8. The van der Waals surface area contributed by atoms with Crippen molar-refractivity contribution in [3.8, 4) is 0 Å². The van der Waals surface area contributed by atoms with Gasteiger partial charge in [-0.3, -0.25) is 0 Å². The van der Waals surface area contributed by atoms with E-state index in [-0.39, 0.29) is 6.09 Å². The molecule has 4 heteroatoms. The monoisotopic (exact) mass is 226 g/mol. The first kappa shape index (κ1) is 13.0. The van der Waals surface area contributed by atoms with Crippen LogP contribution in [0.1, 0.15) is 20.8 Å². The summed E-state index contributed by atoms with van der Waals surface area (Å²) in [6.45, 7) is 12.6. The van der Waals surface area contributed by atoms with E-state index in [1.807, 2.05) is 26.8 Å². The predicted molar refractivity (Wildman–Crippen MR) is 64.4 cm³/mol. The molecule has 0 unspecified atom stereocenters. The van der Waals surface area contributed by atoms with Crippen LogP contribution < -0.4 is 5.32 Å². The highest BCUT2D eigenvalue weighted by atomic mass is 16.6. The van der Waals surface area contributed by atoms with E-state index < -0.39 is 5.60 Å². The second kappa shape index (κ2) is 5.34. The highest BCUT2D eigenvalue weighted by Gasteiger charge is 2.33. The van der Waals surface area contributed by atoms with Crippen molar-refractivity contribution in [2.24, 2.45) is 5.92 Å². The van der Waals surface area contributed by atoms with Crippen LogP contribution in [0.15, 0.2) is 12.7 Å². The van der Waals surface area contributed by atoms with Crippen molar-refractivity contribution in [3.05, 3.63) is 12.7 Å². The summed E-state index contributed by atoms with van der Waals surface area (Å²) in [4.78, 5) is 13.3. The molecule has 0 aromatic heterocycles. The third-order valence-corrected chi connectivity index (χ3v) is 2.33. The Bertz CT molecular complexity index is 252. The van der Waals surface area contributed by atoms with E-state index in [4.69, 9.17) is 4.74 Å². The van der Waals surface area contributed by atoms with E-state index in [1.165, 1.54) is 0 Å². The minimum absolute atomic E-state index is 0.201. The summed E-state index contributed by atoms with van der Waals surface area (Å²) in [5.41, 5.74) is -0.400. The lowest BCUT2D eigenvalue weighted by Gasteiger charge is -2.39. The summed E-state index contributed by atoms with van der Waals surface area (Å²) in [6.07, 6.45) is 1.64. The average molecular weight is 226 g/mol. The van der Waals surface area contributed by atoms with Crippen LogP contribution in [0.5, 0.6) is 0 Å². The number of carbonyl (C=O) groups is 1. The molecular weight excluding hydrogens is 204 g/mol. The summed E-state index contributed by atoms with van der Waals surface area (Å²) in [5, 5.41) is 3.25. The average Bonchev–Trinajstić information content (AvgIpc) is 2.05. The number of amides is 1. The Morgan fingerprint density at radius 1 is 1.56 bits per heavy atom. The number of nitrogens with one attached hydrogen (secondary N) is 1. The van der Waals surface area contributed by atoms with E-state index in [9.17, 15) is 4.79 Å². The van der Waals surface area contributed by atoms with Crippen LogP contribution in [0.2, 0.25) is 0 Å². The quantitative estimate of drug-likeness (QED) is 0.585. The van der Waals surface area contributed by atoms with E-state index in [1.54, 1.807) is 4.90 Å². The first-order valence-electron chi connectivity index (χ1n) is 5.72. The number of rotatable bonds is 4. The fraction of sp³-hybridized carbons (Fsp3) is 0.750. The van der Waals surface area contributed by atoms with E-state index in [2.05, 4.69) is 11.9 Å². The molecule has 1 saturated heterocycles. The van der Waals surface area contributed by atoms with Crippen molar-refractivity contribution in [1.29, 1.82) is 0 Å². The molecule has 0 aromatic carbocycles. The van der Waals surface area contributed by atoms with E-state index >= 15 is 0 Å². The molecule has 0 atom stereocenters. The van der Waals surface area contributed by atoms with Crippen LogP contribution in [-0.4, -0.2) is 42.8 Å². The zero-order chi connectivity index (χ0) is 12.2. The number of nitrogens with zero attached hydrogens (tertiary/aromatic N) is 1. The number of ether oxygens (including phenoxy) is 1. The molecule has 0 aromatic rings. The van der Waals surface area contributed by atoms with Crippen molar-refractivity contribution in [2.45, 2.75) is 26.4 Å². The highest BCUT2D eigenvalue weighted by Crippen LogP contribution is 2.18. The number of hydrogen-bond acceptors (Lipinski definition) is 3. The largest absolute Gasteiger partial charge is 0.444 e. The van der Waals surface area contributed by atoms with Gasteiger partial charge in [0.05, 0.1) is 0 Å². The minimum Gasteiger partial charge on any atom is -0.444 e. The molecule has 0 aliphatic carbocycles. The van der Waals surface area contributed by atoms with E-state index in [0.29, 0.717) is 5.92 Å². The summed E-state index contributed by atoms with van der Waals surface area (Å²) in [5.74, 6) is 0.549. The number of carbonyl (C=O) groups excluding carboxylic acids is 1. The summed E-state index contributed by atoms with van der Waals surface area (Å²) >= 11 is 0. The van der Waals surface area contributed by atoms with Crippen molar-refractivity contribution >= 4 is 6.09 Å². The molecule has 1 aliphatic heterocycles. The van der Waals surface area contributed by atoms with Crippen molar-refractivity contribution < 1.29 is 9.53 Å². The molecule has 1 aliphatic rings. The summed E-state index contributed by atoms with van der Waals surface area (Å²) < 4.78 is 5.27. The van der Waals surface area contributed by atoms with Gasteiger partial charge in [0, 0.05) is 32.1 Å². The molecule has 4 nitrogen and oxygen atoms in total. The fourth-order valence-electron chi connectivity index (χ4n) is 1.56. The van der Waals surface area contributed by atoms with Gasteiger partial charge in [0.15, 0.2) is 0 Å². The van der Waals surface area contributed by atoms with Gasteiger partial charge in [-0.25, -0.2) is 4.79 Å². The number of likely N-dealkylation sites (tertiary alicyclic amines) is 1. The Kier molecular flexibility index (Phi) is 4.35. The molecule has 1 amide bonds. The van der Waals surface area contributed by atoms with Gasteiger partial charge in [-0.1, -0.05) is 6.08 Å². The van der Waals surface area contributed by atoms with Gasteiger partial charge in [0.1, 0.15) is 5.60 Å². The SMILES string of the molecule is C=CCNCC1CN(C(=O)OC(C)(C)C)C1. The molecule has 0 radical (unpaired) electrons. The van der Waals surface area contributed by atoms with Crippen LogP contribution in [0.4, 0.5) is 4.79 Å². The lowest BCUT2D eigenvalue weighted by Crippen LogP contribution is -2.54. The standard InChI is InChI=1S/C12H22N2O2/c1-5-6-13-7-10-8-14(9-10)11(15)16-12(2,3)4/h5,10,13H,1,6-9H2,2-4H3. The topological polar surface area (TPSA) is 41.6 Å². The van der Waals surface area contributed by atoms with Gasteiger partial charge in [0.25, 0.3) is 0 Å². The van der Waals surface area contributed by atoms with Crippen LogP contribution in [0.3, 0.4) is 0 Å². The highest BCUT2D eigenvalue weighted by molar-refractivity contribution is 5.69. The third-order valence-electron chi connectivity index (χ3n) is 2.33. The molecule has 1 fully saturated rings. The zero-order valence-corrected chi connectivity index (χ0v) is 10.5. The van der Waals surface area contributed by atoms with E-state index in [0.717, 1.165) is 26.2 Å². The molecule has 1 rings (SSSR count). The lowest BCUT2D eigenvalue weighted by molar-refractivity contribution is -0.000637. The first-order chi connectivity index (χ1) is 7.42. The predicted octanol–water partition coefficient (Wildman–Crippen LogP) is 1.63. The molecule has 0 spiro atoms. The van der Waals surface area contributed by atoms with Gasteiger partial charge < -0.3 is 15.0 Å². The Morgan fingerprint density at radius 2 is 2.19 bits per heavy atom. The Balaban J connectivity index is 2.15. The summed E-state index contributed by atoms with van der Waals surface area (Å²) in [7, 11) is 0. The summed E-state index contributed by atoms with van der Waals surface area (Å²) in [6, 6.07) is 0. The molecule has 16 heavy (non-hydrogen) atoms. The second-order valence-electron chi connectivity index (χ2n) is 5.20. The minimum atomic E-state index is -0.400. The molecule has 0 bridgehead atoms. The van der Waals surface area contributed by atoms with Gasteiger partial charge in [0.2, 0.25) is 0 Å². The maximum atomic E-state index is 11.6. The van der Waals surface area contributed by atoms with Crippen molar-refractivity contribution in [2.75, 3.05) is 26.2 Å². The maximum absolute atomic E-state index is 11.6. The second-order valence-corrected chi connectivity index (χ2v) is 5.20. The number of hydrogen-bond donors (Lipinski definition) is 1. The smallest absolute Gasteiger partial charge is 0.410 e. The Morgan fingerprint density at radius 3 is 2.69 bits per heavy atom. The lowest BCUT2D eigenvalue weighted by atomic mass is 10.0. The van der Waals surface area contributed by atoms with Crippen LogP contribution in [0.25, 0.3) is 0 Å². The first-order valence-corrected chi connectivity index (χ1v) is 5.72. The Labute approximate surface area is 97.6 Å². The van der Waals surface area contributed by atoms with Crippen LogP contribution >= 0.6 is 0 Å². The Hall–Kier alpha value is -1.03. The molecule has 92 valence electrons. The van der Waals surface area contributed by atoms with Gasteiger partial charge in [-0.2, -0.15) is 0 Å². The van der Waals surface area contributed by atoms with Gasteiger partial charge >= 0.3 is 6.09 Å². The van der Waals surface area contributed by atoms with Crippen LogP contribution in [0, 0.1) is 5.92 Å². The maximum Gasteiger partial charge on any atom is 0.410 e. The van der Waals surface area contributed by atoms with Gasteiger partial charge in [-0.15, -0.1) is 6.58 Å². The van der Waals surface area contributed by atoms with Crippen LogP contribution in [-0.2, 0) is 4.74 Å². The molecular formula is C12H22N2O2. The zero-order valence-electron chi connectivity index (χ0n) is 10.5.